The molecule has 1 atom stereocenters. The zero-order chi connectivity index (χ0) is 21.6. The zero-order valence-electron chi connectivity index (χ0n) is 17.3. The molecule has 0 bridgehead atoms. The van der Waals surface area contributed by atoms with E-state index in [9.17, 15) is 19.2 Å². The summed E-state index contributed by atoms with van der Waals surface area (Å²) in [6, 6.07) is 3.63. The summed E-state index contributed by atoms with van der Waals surface area (Å²) in [6.07, 6.45) is 1.16. The number of hydrogen-bond acceptors (Lipinski definition) is 6. The molecule has 8 nitrogen and oxygen atoms in total. The maximum absolute atomic E-state index is 13.0. The molecule has 0 radical (unpaired) electrons. The van der Waals surface area contributed by atoms with Crippen LogP contribution < -0.4 is 5.32 Å². The Morgan fingerprint density at radius 3 is 2.00 bits per heavy atom. The number of nitrogens with zero attached hydrogens (tertiary/aromatic N) is 1. The average Bonchev–Trinajstić information content (AvgIpc) is 3.07. The molecule has 2 amide bonds. The van der Waals surface area contributed by atoms with Crippen LogP contribution in [0.5, 0.6) is 0 Å². The Kier molecular flexibility index (Phi) is 7.75. The second-order valence-corrected chi connectivity index (χ2v) is 7.11. The Bertz CT molecular complexity index is 753. The van der Waals surface area contributed by atoms with Crippen molar-refractivity contribution in [1.29, 1.82) is 0 Å². The molecule has 29 heavy (non-hydrogen) atoms. The standard InChI is InChI=1S/C21H28N2O6/c1-5-28-20(26)14-10-15(21(27)29-6-2)12-16(11-14)22-19(25)18(13(3)4)23-9-7-8-17(23)24/h10-13,18H,5-9H2,1-4H3,(H,22,25)/t18-/m1/s1. The number of nitrogens with one attached hydrogen (secondary N) is 1. The van der Waals surface area contributed by atoms with Crippen molar-refractivity contribution in [1.82, 2.24) is 4.90 Å². The van der Waals surface area contributed by atoms with Gasteiger partial charge in [0.2, 0.25) is 11.8 Å². The molecule has 1 fully saturated rings. The fourth-order valence-electron chi connectivity index (χ4n) is 3.35. The molecule has 158 valence electrons. The molecule has 1 N–H and O–H groups in total. The number of anilines is 1. The fourth-order valence-corrected chi connectivity index (χ4v) is 3.35. The predicted molar refractivity (Wildman–Crippen MR) is 107 cm³/mol. The smallest absolute Gasteiger partial charge is 0.338 e. The predicted octanol–water partition coefficient (Wildman–Crippen LogP) is 2.63. The minimum atomic E-state index is -0.637. The third-order valence-corrected chi connectivity index (χ3v) is 4.57. The molecule has 1 aromatic carbocycles. The van der Waals surface area contributed by atoms with Gasteiger partial charge in [0.1, 0.15) is 6.04 Å². The molecule has 0 saturated carbocycles. The van der Waals surface area contributed by atoms with E-state index >= 15 is 0 Å². The first-order valence-electron chi connectivity index (χ1n) is 9.88. The van der Waals surface area contributed by atoms with Crippen molar-refractivity contribution in [2.45, 2.75) is 46.6 Å². The van der Waals surface area contributed by atoms with E-state index in [2.05, 4.69) is 5.32 Å². The number of esters is 2. The van der Waals surface area contributed by atoms with Gasteiger partial charge in [-0.05, 0) is 44.4 Å². The van der Waals surface area contributed by atoms with Gasteiger partial charge in [-0.1, -0.05) is 13.8 Å². The van der Waals surface area contributed by atoms with Crippen LogP contribution >= 0.6 is 0 Å². The molecule has 1 saturated heterocycles. The molecule has 1 aliphatic rings. The molecule has 0 unspecified atom stereocenters. The monoisotopic (exact) mass is 404 g/mol. The van der Waals surface area contributed by atoms with E-state index in [0.717, 1.165) is 6.42 Å². The lowest BCUT2D eigenvalue weighted by molar-refractivity contribution is -0.136. The van der Waals surface area contributed by atoms with E-state index in [-0.39, 0.29) is 47.8 Å². The Morgan fingerprint density at radius 1 is 1.03 bits per heavy atom. The van der Waals surface area contributed by atoms with Crippen LogP contribution in [-0.4, -0.2) is 54.5 Å². The third-order valence-electron chi connectivity index (χ3n) is 4.57. The van der Waals surface area contributed by atoms with Gasteiger partial charge in [0, 0.05) is 18.7 Å². The molecule has 0 aliphatic carbocycles. The SMILES string of the molecule is CCOC(=O)c1cc(NC(=O)[C@@H](C(C)C)N2CCCC2=O)cc(C(=O)OCC)c1. The lowest BCUT2D eigenvalue weighted by atomic mass is 10.0. The van der Waals surface area contributed by atoms with E-state index in [1.54, 1.807) is 18.7 Å². The summed E-state index contributed by atoms with van der Waals surface area (Å²) in [4.78, 5) is 51.0. The van der Waals surface area contributed by atoms with Gasteiger partial charge in [-0.3, -0.25) is 9.59 Å². The van der Waals surface area contributed by atoms with Crippen LogP contribution in [0.1, 0.15) is 61.3 Å². The van der Waals surface area contributed by atoms with E-state index < -0.39 is 18.0 Å². The first-order chi connectivity index (χ1) is 13.8. The lowest BCUT2D eigenvalue weighted by Crippen LogP contribution is -2.48. The Hall–Kier alpha value is -2.90. The highest BCUT2D eigenvalue weighted by Crippen LogP contribution is 2.22. The number of benzene rings is 1. The van der Waals surface area contributed by atoms with Gasteiger partial charge >= 0.3 is 11.9 Å². The Morgan fingerprint density at radius 2 is 1.59 bits per heavy atom. The van der Waals surface area contributed by atoms with Gasteiger partial charge in [0.15, 0.2) is 0 Å². The third kappa shape index (κ3) is 5.56. The Balaban J connectivity index is 2.33. The number of ether oxygens (including phenoxy) is 2. The molecular formula is C21H28N2O6. The summed E-state index contributed by atoms with van der Waals surface area (Å²) in [7, 11) is 0. The highest BCUT2D eigenvalue weighted by atomic mass is 16.5. The maximum atomic E-state index is 13.0. The number of carbonyl (C=O) groups is 4. The van der Waals surface area contributed by atoms with E-state index in [4.69, 9.17) is 9.47 Å². The maximum Gasteiger partial charge on any atom is 0.338 e. The molecular weight excluding hydrogens is 376 g/mol. The quantitative estimate of drug-likeness (QED) is 0.668. The fraction of sp³-hybridized carbons (Fsp3) is 0.524. The van der Waals surface area contributed by atoms with Crippen molar-refractivity contribution < 1.29 is 28.7 Å². The average molecular weight is 404 g/mol. The van der Waals surface area contributed by atoms with Gasteiger partial charge in [0.05, 0.1) is 24.3 Å². The number of hydrogen-bond donors (Lipinski definition) is 1. The van der Waals surface area contributed by atoms with Crippen molar-refractivity contribution >= 4 is 29.4 Å². The van der Waals surface area contributed by atoms with Crippen LogP contribution in [0.3, 0.4) is 0 Å². The molecule has 8 heteroatoms. The second kappa shape index (κ2) is 10.0. The van der Waals surface area contributed by atoms with Crippen molar-refractivity contribution in [2.24, 2.45) is 5.92 Å². The number of amides is 2. The van der Waals surface area contributed by atoms with Gasteiger partial charge < -0.3 is 19.7 Å². The minimum Gasteiger partial charge on any atom is -0.462 e. The minimum absolute atomic E-state index is 0.0497. The second-order valence-electron chi connectivity index (χ2n) is 7.11. The highest BCUT2D eigenvalue weighted by Gasteiger charge is 2.35. The largest absolute Gasteiger partial charge is 0.462 e. The van der Waals surface area contributed by atoms with Crippen LogP contribution in [0.4, 0.5) is 5.69 Å². The summed E-state index contributed by atoms with van der Waals surface area (Å²) in [6.45, 7) is 7.98. The van der Waals surface area contributed by atoms with Crippen LogP contribution in [0.15, 0.2) is 18.2 Å². The molecule has 2 rings (SSSR count). The highest BCUT2D eigenvalue weighted by molar-refractivity contribution is 6.01. The van der Waals surface area contributed by atoms with E-state index in [1.165, 1.54) is 18.2 Å². The normalized spacial score (nSPS) is 14.7. The van der Waals surface area contributed by atoms with Crippen LogP contribution in [0.25, 0.3) is 0 Å². The van der Waals surface area contributed by atoms with Crippen molar-refractivity contribution in [3.63, 3.8) is 0 Å². The summed E-state index contributed by atoms with van der Waals surface area (Å²) < 4.78 is 10.0. The summed E-state index contributed by atoms with van der Waals surface area (Å²) >= 11 is 0. The van der Waals surface area contributed by atoms with E-state index in [1.807, 2.05) is 13.8 Å². The first-order valence-corrected chi connectivity index (χ1v) is 9.88. The number of likely N-dealkylation sites (tertiary alicyclic amines) is 1. The Labute approximate surface area is 170 Å². The molecule has 1 heterocycles. The van der Waals surface area contributed by atoms with Crippen LogP contribution in [0, 0.1) is 5.92 Å². The van der Waals surface area contributed by atoms with Gasteiger partial charge in [-0.25, -0.2) is 9.59 Å². The molecule has 1 aromatic rings. The van der Waals surface area contributed by atoms with Crippen molar-refractivity contribution in [2.75, 3.05) is 25.1 Å². The summed E-state index contributed by atoms with van der Waals surface area (Å²) in [5.41, 5.74) is 0.526. The van der Waals surface area contributed by atoms with Crippen LogP contribution in [0.2, 0.25) is 0 Å². The van der Waals surface area contributed by atoms with Crippen molar-refractivity contribution in [3.8, 4) is 0 Å². The topological polar surface area (TPSA) is 102 Å². The molecule has 0 spiro atoms. The van der Waals surface area contributed by atoms with Crippen molar-refractivity contribution in [3.05, 3.63) is 29.3 Å². The first kappa shape index (κ1) is 22.4. The molecule has 0 aromatic heterocycles. The van der Waals surface area contributed by atoms with E-state index in [0.29, 0.717) is 13.0 Å². The van der Waals surface area contributed by atoms with Gasteiger partial charge in [-0.15, -0.1) is 0 Å². The summed E-state index contributed by atoms with van der Waals surface area (Å²) in [5.74, 6) is -1.74. The van der Waals surface area contributed by atoms with Gasteiger partial charge in [0.25, 0.3) is 0 Å². The van der Waals surface area contributed by atoms with Crippen LogP contribution in [-0.2, 0) is 19.1 Å². The zero-order valence-corrected chi connectivity index (χ0v) is 17.3. The molecule has 1 aliphatic heterocycles. The summed E-state index contributed by atoms with van der Waals surface area (Å²) in [5, 5.41) is 2.75. The number of rotatable bonds is 8. The lowest BCUT2D eigenvalue weighted by Gasteiger charge is -2.30. The van der Waals surface area contributed by atoms with Gasteiger partial charge in [-0.2, -0.15) is 0 Å². The number of carbonyl (C=O) groups excluding carboxylic acids is 4.